The van der Waals surface area contributed by atoms with Gasteiger partial charge in [-0.2, -0.15) is 0 Å². The molecule has 0 saturated carbocycles. The van der Waals surface area contributed by atoms with Crippen LogP contribution in [-0.4, -0.2) is 38.1 Å². The van der Waals surface area contributed by atoms with E-state index in [4.69, 9.17) is 21.1 Å². The highest BCUT2D eigenvalue weighted by molar-refractivity contribution is 6.30. The van der Waals surface area contributed by atoms with E-state index in [1.54, 1.807) is 7.11 Å². The molecule has 0 aromatic heterocycles. The first-order chi connectivity index (χ1) is 16.7. The van der Waals surface area contributed by atoms with Crippen LogP contribution in [0.5, 0.6) is 11.5 Å². The minimum Gasteiger partial charge on any atom is -0.493 e. The minimum absolute atomic E-state index is 0.0107. The average molecular weight is 493 g/mol. The number of methoxy groups -OCH3 is 1. The van der Waals surface area contributed by atoms with Crippen molar-refractivity contribution in [3.63, 3.8) is 0 Å². The summed E-state index contributed by atoms with van der Waals surface area (Å²) in [6.07, 6.45) is 0.275. The van der Waals surface area contributed by atoms with Crippen molar-refractivity contribution in [2.24, 2.45) is 0 Å². The van der Waals surface area contributed by atoms with E-state index in [0.717, 1.165) is 22.4 Å². The highest BCUT2D eigenvalue weighted by atomic mass is 35.5. The predicted molar refractivity (Wildman–Crippen MR) is 142 cm³/mol. The molecule has 1 heterocycles. The molecular weight excluding hydrogens is 460 g/mol. The molecule has 2 atom stereocenters. The van der Waals surface area contributed by atoms with E-state index in [1.807, 2.05) is 67.3 Å². The maximum absolute atomic E-state index is 13.6. The van der Waals surface area contributed by atoms with Crippen molar-refractivity contribution in [2.45, 2.75) is 45.4 Å². The zero-order chi connectivity index (χ0) is 25.3. The molecule has 0 bridgehead atoms. The zero-order valence-electron chi connectivity index (χ0n) is 21.2. The van der Waals surface area contributed by atoms with Crippen molar-refractivity contribution in [3.05, 3.63) is 87.9 Å². The third-order valence-electron chi connectivity index (χ3n) is 6.57. The normalized spacial score (nSPS) is 16.4. The van der Waals surface area contributed by atoms with E-state index < -0.39 is 0 Å². The van der Waals surface area contributed by atoms with Gasteiger partial charge in [0.2, 0.25) is 5.91 Å². The van der Waals surface area contributed by atoms with Gasteiger partial charge in [-0.15, -0.1) is 0 Å². The Hall–Kier alpha value is -3.02. The van der Waals surface area contributed by atoms with Gasteiger partial charge in [0.1, 0.15) is 0 Å². The first-order valence-electron chi connectivity index (χ1n) is 11.9. The van der Waals surface area contributed by atoms with Crippen LogP contribution in [0.2, 0.25) is 5.02 Å². The third kappa shape index (κ3) is 5.16. The van der Waals surface area contributed by atoms with E-state index in [2.05, 4.69) is 38.1 Å². The summed E-state index contributed by atoms with van der Waals surface area (Å²) in [5, 5.41) is 0.656. The van der Waals surface area contributed by atoms with Gasteiger partial charge in [0.25, 0.3) is 0 Å². The number of fused-ring (bicyclic) bond motifs is 1. The summed E-state index contributed by atoms with van der Waals surface area (Å²) < 4.78 is 11.7. The lowest BCUT2D eigenvalue weighted by Gasteiger charge is -2.38. The summed E-state index contributed by atoms with van der Waals surface area (Å²) >= 11 is 6.21. The largest absolute Gasteiger partial charge is 0.493 e. The second-order valence-corrected chi connectivity index (χ2v) is 9.93. The minimum atomic E-state index is -0.318. The number of carbonyl (C=O) groups excluding carboxylic acids is 1. The van der Waals surface area contributed by atoms with E-state index in [1.165, 1.54) is 5.56 Å². The summed E-state index contributed by atoms with van der Waals surface area (Å²) in [6, 6.07) is 19.9. The van der Waals surface area contributed by atoms with Gasteiger partial charge >= 0.3 is 0 Å². The van der Waals surface area contributed by atoms with Crippen LogP contribution in [0, 0.1) is 0 Å². The van der Waals surface area contributed by atoms with Crippen molar-refractivity contribution in [2.75, 3.05) is 26.1 Å². The smallest absolute Gasteiger partial charge is 0.232 e. The molecule has 0 spiro atoms. The standard InChI is InChI=1S/C29H33ClN2O3/c1-18(2)35-27-17-25-22(15-26(27)34-6)16-28(33)32(29(25)21-7-11-23(30)12-8-21)24-13-9-20(10-14-24)19(3)31(4)5/h7-15,17-19,29H,16H2,1-6H3. The number of amides is 1. The van der Waals surface area contributed by atoms with E-state index in [9.17, 15) is 4.79 Å². The second-order valence-electron chi connectivity index (χ2n) is 9.49. The molecule has 0 radical (unpaired) electrons. The Labute approximate surface area is 213 Å². The maximum atomic E-state index is 13.6. The van der Waals surface area contributed by atoms with Crippen LogP contribution in [0.25, 0.3) is 0 Å². The maximum Gasteiger partial charge on any atom is 0.232 e. The molecular formula is C29H33ClN2O3. The Morgan fingerprint density at radius 2 is 1.63 bits per heavy atom. The molecule has 1 aliphatic rings. The summed E-state index contributed by atoms with van der Waals surface area (Å²) in [5.74, 6) is 1.34. The van der Waals surface area contributed by atoms with Gasteiger partial charge in [-0.1, -0.05) is 35.9 Å². The Balaban J connectivity index is 1.86. The number of anilines is 1. The fourth-order valence-electron chi connectivity index (χ4n) is 4.54. The highest BCUT2D eigenvalue weighted by Crippen LogP contribution is 2.44. The lowest BCUT2D eigenvalue weighted by molar-refractivity contribution is -0.118. The van der Waals surface area contributed by atoms with Crippen molar-refractivity contribution in [3.8, 4) is 11.5 Å². The number of nitrogens with zero attached hydrogens (tertiary/aromatic N) is 2. The summed E-state index contributed by atoms with van der Waals surface area (Å²) in [7, 11) is 5.75. The summed E-state index contributed by atoms with van der Waals surface area (Å²) in [6.45, 7) is 6.14. The Bertz CT molecular complexity index is 1190. The first kappa shape index (κ1) is 25.1. The van der Waals surface area contributed by atoms with Gasteiger partial charge in [0.05, 0.1) is 25.7 Å². The number of benzene rings is 3. The molecule has 4 rings (SSSR count). The molecule has 0 N–H and O–H groups in total. The lowest BCUT2D eigenvalue weighted by Crippen LogP contribution is -2.41. The molecule has 0 saturated heterocycles. The molecule has 0 fully saturated rings. The second kappa shape index (κ2) is 10.3. The zero-order valence-corrected chi connectivity index (χ0v) is 22.0. The summed E-state index contributed by atoms with van der Waals surface area (Å²) in [5.41, 5.74) is 5.00. The molecule has 5 nitrogen and oxygen atoms in total. The number of hydrogen-bond acceptors (Lipinski definition) is 4. The van der Waals surface area contributed by atoms with Gasteiger partial charge in [-0.3, -0.25) is 4.79 Å². The summed E-state index contributed by atoms with van der Waals surface area (Å²) in [4.78, 5) is 17.7. The van der Waals surface area contributed by atoms with Gasteiger partial charge in [0.15, 0.2) is 11.5 Å². The Morgan fingerprint density at radius 3 is 2.20 bits per heavy atom. The van der Waals surface area contributed by atoms with Crippen LogP contribution >= 0.6 is 11.6 Å². The SMILES string of the molecule is COc1cc2c(cc1OC(C)C)C(c1ccc(Cl)cc1)N(c1ccc(C(C)N(C)C)cc1)C(=O)C2. The number of hydrogen-bond donors (Lipinski definition) is 0. The Morgan fingerprint density at radius 1 is 0.971 bits per heavy atom. The fraction of sp³-hybridized carbons (Fsp3) is 0.345. The van der Waals surface area contributed by atoms with Crippen LogP contribution in [0.4, 0.5) is 5.69 Å². The molecule has 6 heteroatoms. The average Bonchev–Trinajstić information content (AvgIpc) is 2.83. The molecule has 184 valence electrons. The highest BCUT2D eigenvalue weighted by Gasteiger charge is 2.36. The van der Waals surface area contributed by atoms with E-state index in [0.29, 0.717) is 16.5 Å². The van der Waals surface area contributed by atoms with Gasteiger partial charge in [0, 0.05) is 16.8 Å². The molecule has 3 aromatic rings. The molecule has 35 heavy (non-hydrogen) atoms. The van der Waals surface area contributed by atoms with E-state index in [-0.39, 0.29) is 30.5 Å². The Kier molecular flexibility index (Phi) is 7.39. The van der Waals surface area contributed by atoms with Crippen LogP contribution in [0.3, 0.4) is 0 Å². The number of rotatable bonds is 7. The van der Waals surface area contributed by atoms with Crippen molar-refractivity contribution < 1.29 is 14.3 Å². The van der Waals surface area contributed by atoms with E-state index >= 15 is 0 Å². The van der Waals surface area contributed by atoms with Crippen LogP contribution in [0.15, 0.2) is 60.7 Å². The fourth-order valence-corrected chi connectivity index (χ4v) is 4.67. The van der Waals surface area contributed by atoms with Crippen LogP contribution in [-0.2, 0) is 11.2 Å². The number of carbonyl (C=O) groups is 1. The molecule has 3 aromatic carbocycles. The first-order valence-corrected chi connectivity index (χ1v) is 12.3. The van der Waals surface area contributed by atoms with Gasteiger partial charge < -0.3 is 19.3 Å². The topological polar surface area (TPSA) is 42.0 Å². The lowest BCUT2D eigenvalue weighted by atomic mass is 9.86. The number of halogens is 1. The molecule has 1 aliphatic heterocycles. The van der Waals surface area contributed by atoms with Crippen molar-refractivity contribution in [1.82, 2.24) is 4.90 Å². The monoisotopic (exact) mass is 492 g/mol. The quantitative estimate of drug-likeness (QED) is 0.380. The number of ether oxygens (including phenoxy) is 2. The van der Waals surface area contributed by atoms with Gasteiger partial charge in [-0.25, -0.2) is 0 Å². The molecule has 2 unspecified atom stereocenters. The van der Waals surface area contributed by atoms with Crippen molar-refractivity contribution in [1.29, 1.82) is 0 Å². The molecule has 1 amide bonds. The van der Waals surface area contributed by atoms with Crippen LogP contribution in [0.1, 0.15) is 55.1 Å². The predicted octanol–water partition coefficient (Wildman–Crippen LogP) is 6.44. The van der Waals surface area contributed by atoms with Crippen molar-refractivity contribution >= 4 is 23.2 Å². The molecule has 0 aliphatic carbocycles. The van der Waals surface area contributed by atoms with Crippen LogP contribution < -0.4 is 14.4 Å². The third-order valence-corrected chi connectivity index (χ3v) is 6.82. The van der Waals surface area contributed by atoms with Gasteiger partial charge in [-0.05, 0) is 93.5 Å².